The van der Waals surface area contributed by atoms with E-state index in [4.69, 9.17) is 19.2 Å². The minimum Gasteiger partial charge on any atom is -0.861 e. The maximum atomic E-state index is 8.69. The van der Waals surface area contributed by atoms with Crippen molar-refractivity contribution in [3.8, 4) is 0 Å². The molecule has 0 amide bonds. The molecule has 1 radical (unpaired) electrons. The first-order valence-electron chi connectivity index (χ1n) is 0.836. The van der Waals surface area contributed by atoms with Gasteiger partial charge in [0.05, 0.1) is 0 Å². The normalized spacial score (nSPS) is 8.57. The Morgan fingerprint density at radius 2 is 1.14 bits per heavy atom. The molecule has 0 aromatic heterocycles. The van der Waals surface area contributed by atoms with Crippen LogP contribution in [0.4, 0.5) is 0 Å². The average Bonchev–Trinajstić information content (AvgIpc) is 0.722. The molecule has 0 aliphatic heterocycles. The fourth-order valence-electron chi connectivity index (χ4n) is 0. The second-order valence-electron chi connectivity index (χ2n) is 0.524. The summed E-state index contributed by atoms with van der Waals surface area (Å²) in [5, 5.41) is 0. The minimum atomic E-state index is -5.36. The molecule has 0 aliphatic carbocycles. The molecule has 0 saturated carbocycles. The van der Waals surface area contributed by atoms with E-state index >= 15 is 0 Å². The second kappa shape index (κ2) is 6.32. The van der Waals surface area contributed by atoms with Crippen LogP contribution in [0, 0.1) is 0 Å². The van der Waals surface area contributed by atoms with Crippen LogP contribution in [0.5, 0.6) is 0 Å². The molecular formula is HCoKO4Si. The average molecular weight is 191 g/mol. The van der Waals surface area contributed by atoms with Gasteiger partial charge in [-0.05, 0) is 0 Å². The van der Waals surface area contributed by atoms with Crippen LogP contribution in [0.3, 0.4) is 0 Å². The van der Waals surface area contributed by atoms with Crippen LogP contribution in [0.15, 0.2) is 0 Å². The number of rotatable bonds is 0. The molecule has 0 aromatic carbocycles. The first kappa shape index (κ1) is 16.1. The van der Waals surface area contributed by atoms with Crippen LogP contribution in [-0.2, 0) is 16.8 Å². The van der Waals surface area contributed by atoms with Crippen molar-refractivity contribution in [2.75, 3.05) is 0 Å². The van der Waals surface area contributed by atoms with Crippen molar-refractivity contribution in [2.45, 2.75) is 0 Å². The van der Waals surface area contributed by atoms with Gasteiger partial charge in [0, 0.05) is 0 Å². The summed E-state index contributed by atoms with van der Waals surface area (Å²) >= 11 is 0. The molecule has 0 saturated heterocycles. The molecule has 0 fully saturated rings. The van der Waals surface area contributed by atoms with Gasteiger partial charge in [0.2, 0.25) is 0 Å². The van der Waals surface area contributed by atoms with Gasteiger partial charge in [-0.3, -0.25) is 0 Å². The van der Waals surface area contributed by atoms with Crippen LogP contribution in [-0.4, -0.2) is 13.8 Å². The maximum absolute atomic E-state index is 8.69. The van der Waals surface area contributed by atoms with Crippen LogP contribution in [0.1, 0.15) is 0 Å². The van der Waals surface area contributed by atoms with Crippen molar-refractivity contribution in [2.24, 2.45) is 0 Å². The van der Waals surface area contributed by atoms with Crippen LogP contribution < -0.4 is 65.8 Å². The van der Waals surface area contributed by atoms with E-state index in [1.54, 1.807) is 0 Å². The third-order valence-electron chi connectivity index (χ3n) is 0. The summed E-state index contributed by atoms with van der Waals surface area (Å²) in [6, 6.07) is 0. The van der Waals surface area contributed by atoms with Gasteiger partial charge < -0.3 is 19.2 Å². The molecular weight excluding hydrogens is 190 g/mol. The molecule has 4 nitrogen and oxygen atoms in total. The summed E-state index contributed by atoms with van der Waals surface area (Å²) < 4.78 is 0. The first-order valence-corrected chi connectivity index (χ1v) is 2.51. The van der Waals surface area contributed by atoms with Crippen LogP contribution in [0.2, 0.25) is 0 Å². The monoisotopic (exact) mass is 191 g/mol. The summed E-state index contributed by atoms with van der Waals surface area (Å²) in [7, 11) is -5.36. The van der Waals surface area contributed by atoms with Gasteiger partial charge >= 0.3 is 68.2 Å². The molecule has 7 heteroatoms. The Bertz CT molecular complexity index is 27.2. The molecule has 0 spiro atoms. The standard InChI is InChI=1S/Co.K.HO4Si/c;;1-5(2,3)4/h;;1H/q+2;+1;-3. The predicted molar refractivity (Wildman–Crippen MR) is 7.97 cm³/mol. The zero-order valence-corrected chi connectivity index (χ0v) is 8.67. The van der Waals surface area contributed by atoms with Crippen molar-refractivity contribution in [3.63, 3.8) is 0 Å². The molecule has 0 heterocycles. The fourth-order valence-corrected chi connectivity index (χ4v) is 0. The van der Waals surface area contributed by atoms with Crippen molar-refractivity contribution < 1.29 is 87.3 Å². The zero-order valence-electron chi connectivity index (χ0n) is 3.51. The van der Waals surface area contributed by atoms with Gasteiger partial charge in [-0.15, -0.1) is 9.05 Å². The van der Waals surface area contributed by atoms with Crippen molar-refractivity contribution in [1.82, 2.24) is 0 Å². The third kappa shape index (κ3) is 65.1. The Labute approximate surface area is 94.7 Å². The van der Waals surface area contributed by atoms with Gasteiger partial charge in [0.15, 0.2) is 0 Å². The Morgan fingerprint density at radius 1 is 1.14 bits per heavy atom. The number of hydrogen-bond donors (Lipinski definition) is 1. The SMILES string of the molecule is [Co+2].[K+].[O-][Si]([O-])([O-])O. The summed E-state index contributed by atoms with van der Waals surface area (Å²) in [6.07, 6.45) is 0. The summed E-state index contributed by atoms with van der Waals surface area (Å²) in [4.78, 5) is 33.1. The Kier molecular flexibility index (Phi) is 14.5. The van der Waals surface area contributed by atoms with E-state index in [0.717, 1.165) is 0 Å². The predicted octanol–water partition coefficient (Wildman–Crippen LogP) is -7.50. The molecule has 0 rings (SSSR count). The quantitative estimate of drug-likeness (QED) is 0.385. The van der Waals surface area contributed by atoms with Crippen molar-refractivity contribution >= 4 is 9.05 Å². The van der Waals surface area contributed by atoms with Crippen LogP contribution in [0.25, 0.3) is 0 Å². The van der Waals surface area contributed by atoms with E-state index in [0.29, 0.717) is 0 Å². The molecule has 39 valence electrons. The van der Waals surface area contributed by atoms with Gasteiger partial charge in [-0.1, -0.05) is 0 Å². The summed E-state index contributed by atoms with van der Waals surface area (Å²) in [5.74, 6) is 0. The minimum absolute atomic E-state index is 0. The van der Waals surface area contributed by atoms with Gasteiger partial charge in [0.25, 0.3) is 0 Å². The molecule has 0 bridgehead atoms. The van der Waals surface area contributed by atoms with Gasteiger partial charge in [-0.2, -0.15) is 0 Å². The van der Waals surface area contributed by atoms with Crippen molar-refractivity contribution in [1.29, 1.82) is 0 Å². The smallest absolute Gasteiger partial charge is 0.861 e. The molecule has 7 heavy (non-hydrogen) atoms. The Hall–Kier alpha value is 2.20. The van der Waals surface area contributed by atoms with E-state index in [9.17, 15) is 0 Å². The van der Waals surface area contributed by atoms with Gasteiger partial charge in [-0.25, -0.2) is 0 Å². The number of hydrogen-bond acceptors (Lipinski definition) is 4. The first-order chi connectivity index (χ1) is 2.00. The Morgan fingerprint density at radius 3 is 1.14 bits per heavy atom. The van der Waals surface area contributed by atoms with Crippen LogP contribution >= 0.6 is 0 Å². The van der Waals surface area contributed by atoms with Gasteiger partial charge in [0.1, 0.15) is 0 Å². The maximum Gasteiger partial charge on any atom is 2.00 e. The molecule has 0 atom stereocenters. The second-order valence-corrected chi connectivity index (χ2v) is 1.57. The molecule has 0 aliphatic rings. The fraction of sp³-hybridized carbons (Fsp3) is 0. The zero-order chi connectivity index (χ0) is 4.50. The largest absolute Gasteiger partial charge is 2.00 e. The molecule has 1 N–H and O–H groups in total. The topological polar surface area (TPSA) is 89.4 Å². The third-order valence-corrected chi connectivity index (χ3v) is 0. The molecule has 0 aromatic rings. The Balaban J connectivity index is -0.0000000800. The summed E-state index contributed by atoms with van der Waals surface area (Å²) in [6.45, 7) is 0. The van der Waals surface area contributed by atoms with E-state index in [-0.39, 0.29) is 68.2 Å². The van der Waals surface area contributed by atoms with E-state index in [1.165, 1.54) is 0 Å². The molecule has 0 unspecified atom stereocenters. The van der Waals surface area contributed by atoms with E-state index < -0.39 is 9.05 Å². The summed E-state index contributed by atoms with van der Waals surface area (Å²) in [5.41, 5.74) is 0. The van der Waals surface area contributed by atoms with Crippen molar-refractivity contribution in [3.05, 3.63) is 0 Å². The van der Waals surface area contributed by atoms with E-state index in [2.05, 4.69) is 0 Å². The van der Waals surface area contributed by atoms with E-state index in [1.807, 2.05) is 0 Å².